The summed E-state index contributed by atoms with van der Waals surface area (Å²) in [6, 6.07) is 6.06. The molecule has 0 aliphatic carbocycles. The number of nitrogens with one attached hydrogen (secondary N) is 2. The van der Waals surface area contributed by atoms with Crippen molar-refractivity contribution in [2.45, 2.75) is 38.5 Å². The number of aryl methyl sites for hydroxylation is 1. The Morgan fingerprint density at radius 3 is 2.67 bits per heavy atom. The average molecular weight is 545 g/mol. The van der Waals surface area contributed by atoms with E-state index in [0.29, 0.717) is 18.2 Å². The molecule has 1 atom stereocenters. The minimum atomic E-state index is -4.86. The Labute approximate surface area is 215 Å². The highest BCUT2D eigenvalue weighted by atomic mass is 19.4. The Hall–Kier alpha value is -4.62. The molecule has 0 saturated heterocycles. The van der Waals surface area contributed by atoms with Crippen LogP contribution in [-0.4, -0.2) is 35.4 Å². The molecule has 1 aromatic carbocycles. The molecule has 14 heteroatoms. The Kier molecular flexibility index (Phi) is 6.62. The predicted molar refractivity (Wildman–Crippen MR) is 132 cm³/mol. The van der Waals surface area contributed by atoms with Crippen LogP contribution in [0.5, 0.6) is 0 Å². The van der Waals surface area contributed by atoms with Crippen LogP contribution in [0.2, 0.25) is 0 Å². The maximum absolute atomic E-state index is 15.0. The Balaban J connectivity index is 1.31. The summed E-state index contributed by atoms with van der Waals surface area (Å²) < 4.78 is 70.9. The van der Waals surface area contributed by atoms with E-state index in [1.165, 1.54) is 27.4 Å². The molecular formula is C25H20F5N7O2. The summed E-state index contributed by atoms with van der Waals surface area (Å²) in [5.74, 6) is -1.20. The molecule has 0 saturated carbocycles. The standard InChI is InChI=1S/C25H20F5N7O2/c1-13(32-19-12-31-34-23(38)21(19)25(28,29)30)3-2-6-36-7-4-14-9-17(18(27)11-16(14)24(36)39)22-33-20-10-15(26)5-8-37(20)35-22/h4-5,7-13H,2-3,6H2,1H3,(H2,32,34,38). The quantitative estimate of drug-likeness (QED) is 0.294. The normalized spacial score (nSPS) is 12.8. The second-order valence-electron chi connectivity index (χ2n) is 8.99. The lowest BCUT2D eigenvalue weighted by Gasteiger charge is -2.18. The second-order valence-corrected chi connectivity index (χ2v) is 8.99. The first-order chi connectivity index (χ1) is 18.5. The number of aromatic amines is 1. The van der Waals surface area contributed by atoms with Gasteiger partial charge in [0.15, 0.2) is 11.5 Å². The van der Waals surface area contributed by atoms with Crippen LogP contribution in [0.4, 0.5) is 27.6 Å². The van der Waals surface area contributed by atoms with Crippen LogP contribution in [0.3, 0.4) is 0 Å². The molecule has 0 aliphatic heterocycles. The maximum Gasteiger partial charge on any atom is 0.423 e. The van der Waals surface area contributed by atoms with Crippen molar-refractivity contribution in [3.63, 3.8) is 0 Å². The van der Waals surface area contributed by atoms with Crippen LogP contribution in [-0.2, 0) is 12.7 Å². The van der Waals surface area contributed by atoms with Gasteiger partial charge in [0.05, 0.1) is 22.8 Å². The number of fused-ring (bicyclic) bond motifs is 2. The molecule has 202 valence electrons. The molecule has 0 fully saturated rings. The van der Waals surface area contributed by atoms with Gasteiger partial charge in [0.25, 0.3) is 11.1 Å². The van der Waals surface area contributed by atoms with Gasteiger partial charge >= 0.3 is 6.18 Å². The van der Waals surface area contributed by atoms with Crippen molar-refractivity contribution in [3.8, 4) is 11.4 Å². The largest absolute Gasteiger partial charge is 0.423 e. The molecular weight excluding hydrogens is 525 g/mol. The molecule has 0 aliphatic rings. The smallest absolute Gasteiger partial charge is 0.381 e. The van der Waals surface area contributed by atoms with Crippen molar-refractivity contribution in [3.05, 3.63) is 86.8 Å². The lowest BCUT2D eigenvalue weighted by atomic mass is 10.1. The first-order valence-corrected chi connectivity index (χ1v) is 11.8. The van der Waals surface area contributed by atoms with Crippen molar-refractivity contribution < 1.29 is 22.0 Å². The molecule has 9 nitrogen and oxygen atoms in total. The zero-order chi connectivity index (χ0) is 27.9. The molecule has 1 unspecified atom stereocenters. The summed E-state index contributed by atoms with van der Waals surface area (Å²) in [6.45, 7) is 1.87. The summed E-state index contributed by atoms with van der Waals surface area (Å²) in [7, 11) is 0. The number of pyridine rings is 2. The molecule has 39 heavy (non-hydrogen) atoms. The van der Waals surface area contributed by atoms with E-state index in [4.69, 9.17) is 0 Å². The first-order valence-electron chi connectivity index (χ1n) is 11.8. The predicted octanol–water partition coefficient (Wildman–Crippen LogP) is 4.37. The number of hydrogen-bond acceptors (Lipinski definition) is 6. The molecule has 5 rings (SSSR count). The highest BCUT2D eigenvalue weighted by Gasteiger charge is 2.37. The second kappa shape index (κ2) is 9.93. The van der Waals surface area contributed by atoms with Crippen molar-refractivity contribution in [1.29, 1.82) is 0 Å². The Bertz CT molecular complexity index is 1810. The summed E-state index contributed by atoms with van der Waals surface area (Å²) >= 11 is 0. The van der Waals surface area contributed by atoms with Gasteiger partial charge in [-0.05, 0) is 49.4 Å². The van der Waals surface area contributed by atoms with Crippen LogP contribution in [0.25, 0.3) is 27.8 Å². The van der Waals surface area contributed by atoms with Gasteiger partial charge in [-0.2, -0.15) is 18.3 Å². The topological polar surface area (TPSA) is 110 Å². The van der Waals surface area contributed by atoms with Gasteiger partial charge in [0.2, 0.25) is 0 Å². The van der Waals surface area contributed by atoms with Crippen molar-refractivity contribution in [1.82, 2.24) is 29.4 Å². The molecule has 5 aromatic rings. The molecule has 4 heterocycles. The molecule has 0 amide bonds. The fraction of sp³-hybridized carbons (Fsp3) is 0.240. The maximum atomic E-state index is 15.0. The average Bonchev–Trinajstić information content (AvgIpc) is 3.27. The number of benzene rings is 1. The fourth-order valence-electron chi connectivity index (χ4n) is 4.32. The van der Waals surface area contributed by atoms with Crippen molar-refractivity contribution in [2.24, 2.45) is 0 Å². The lowest BCUT2D eigenvalue weighted by molar-refractivity contribution is -0.138. The molecule has 2 N–H and O–H groups in total. The Morgan fingerprint density at radius 1 is 1.10 bits per heavy atom. The number of hydrogen-bond donors (Lipinski definition) is 2. The van der Waals surface area contributed by atoms with Crippen LogP contribution in [0.1, 0.15) is 25.3 Å². The van der Waals surface area contributed by atoms with Gasteiger partial charge < -0.3 is 9.88 Å². The first kappa shape index (κ1) is 26.0. The Morgan fingerprint density at radius 2 is 1.90 bits per heavy atom. The number of rotatable bonds is 7. The third-order valence-electron chi connectivity index (χ3n) is 6.18. The van der Waals surface area contributed by atoms with Gasteiger partial charge in [-0.25, -0.2) is 23.4 Å². The fourth-order valence-corrected chi connectivity index (χ4v) is 4.32. The van der Waals surface area contributed by atoms with Crippen LogP contribution in [0, 0.1) is 11.6 Å². The van der Waals surface area contributed by atoms with Crippen molar-refractivity contribution in [2.75, 3.05) is 5.32 Å². The minimum Gasteiger partial charge on any atom is -0.381 e. The van der Waals surface area contributed by atoms with E-state index in [0.717, 1.165) is 18.3 Å². The van der Waals surface area contributed by atoms with E-state index in [9.17, 15) is 27.2 Å². The zero-order valence-electron chi connectivity index (χ0n) is 20.3. The molecule has 4 aromatic heterocycles. The SMILES string of the molecule is CC(CCCn1ccc2cc(-c3nc4cc(F)ccn4n3)c(F)cc2c1=O)Nc1cn[nH]c(=O)c1C(F)(F)F. The number of nitrogens with zero attached hydrogens (tertiary/aromatic N) is 5. The van der Waals surface area contributed by atoms with Gasteiger partial charge in [-0.3, -0.25) is 9.59 Å². The molecule has 0 spiro atoms. The van der Waals surface area contributed by atoms with E-state index in [-0.39, 0.29) is 29.0 Å². The molecule has 0 radical (unpaired) electrons. The summed E-state index contributed by atoms with van der Waals surface area (Å²) in [6.07, 6.45) is -0.287. The summed E-state index contributed by atoms with van der Waals surface area (Å²) in [5, 5.41) is 12.6. The van der Waals surface area contributed by atoms with E-state index in [1.54, 1.807) is 24.3 Å². The number of alkyl halides is 3. The van der Waals surface area contributed by atoms with E-state index in [2.05, 4.69) is 20.5 Å². The van der Waals surface area contributed by atoms with Crippen LogP contribution in [0.15, 0.2) is 58.5 Å². The van der Waals surface area contributed by atoms with E-state index >= 15 is 4.39 Å². The number of halogens is 5. The van der Waals surface area contributed by atoms with Crippen LogP contribution < -0.4 is 16.4 Å². The number of H-pyrrole nitrogens is 1. The van der Waals surface area contributed by atoms with Gasteiger partial charge in [0.1, 0.15) is 17.2 Å². The van der Waals surface area contributed by atoms with E-state index in [1.807, 2.05) is 0 Å². The highest BCUT2D eigenvalue weighted by Crippen LogP contribution is 2.32. The number of anilines is 1. The lowest BCUT2D eigenvalue weighted by Crippen LogP contribution is -2.27. The molecule has 0 bridgehead atoms. The van der Waals surface area contributed by atoms with Crippen molar-refractivity contribution >= 4 is 22.1 Å². The minimum absolute atomic E-state index is 0.0370. The van der Waals surface area contributed by atoms with E-state index < -0.39 is 46.2 Å². The van der Waals surface area contributed by atoms with Gasteiger partial charge in [0, 0.05) is 31.0 Å². The summed E-state index contributed by atoms with van der Waals surface area (Å²) in [4.78, 5) is 28.8. The van der Waals surface area contributed by atoms with Gasteiger partial charge in [-0.1, -0.05) is 0 Å². The monoisotopic (exact) mass is 545 g/mol. The van der Waals surface area contributed by atoms with Crippen LogP contribution >= 0.6 is 0 Å². The third kappa shape index (κ3) is 5.22. The highest BCUT2D eigenvalue weighted by molar-refractivity contribution is 5.86. The van der Waals surface area contributed by atoms with Gasteiger partial charge in [-0.15, -0.1) is 5.10 Å². The summed E-state index contributed by atoms with van der Waals surface area (Å²) in [5.41, 5.74) is -3.32. The number of aromatic nitrogens is 6. The zero-order valence-corrected chi connectivity index (χ0v) is 20.3. The third-order valence-corrected chi connectivity index (χ3v) is 6.18.